The molecule has 1 saturated heterocycles. The van der Waals surface area contributed by atoms with Crippen molar-refractivity contribution in [1.29, 1.82) is 0 Å². The molecule has 3 rings (SSSR count). The third kappa shape index (κ3) is 2.65. The summed E-state index contributed by atoms with van der Waals surface area (Å²) in [5.41, 5.74) is 6.39. The zero-order valence-corrected chi connectivity index (χ0v) is 14.5. The standard InChI is InChI=1S/C15H18N2O4S2/c1-9-4-3-5-11-13(9)22-10(2)14(11)23(19,20)17-6-7-21-8-12(17)15(16)18/h3-5,12H,6-8H2,1-2H3,(H2,16,18)/t12-/m0/s1. The molecule has 1 atom stereocenters. The lowest BCUT2D eigenvalue weighted by Crippen LogP contribution is -2.54. The first kappa shape index (κ1) is 16.4. The molecular formula is C15H18N2O4S2. The van der Waals surface area contributed by atoms with E-state index in [4.69, 9.17) is 10.5 Å². The van der Waals surface area contributed by atoms with Crippen molar-refractivity contribution in [3.8, 4) is 0 Å². The molecule has 2 aromatic rings. The topological polar surface area (TPSA) is 89.7 Å². The molecule has 1 fully saturated rings. The summed E-state index contributed by atoms with van der Waals surface area (Å²) in [5.74, 6) is -0.693. The lowest BCUT2D eigenvalue weighted by Gasteiger charge is -2.32. The summed E-state index contributed by atoms with van der Waals surface area (Å²) in [6.45, 7) is 4.11. The van der Waals surface area contributed by atoms with Crippen LogP contribution in [0.2, 0.25) is 0 Å². The second kappa shape index (κ2) is 5.86. The highest BCUT2D eigenvalue weighted by atomic mass is 32.2. The first-order valence-electron chi connectivity index (χ1n) is 7.21. The summed E-state index contributed by atoms with van der Waals surface area (Å²) in [7, 11) is -3.82. The Kier molecular flexibility index (Phi) is 4.18. The smallest absolute Gasteiger partial charge is 0.245 e. The van der Waals surface area contributed by atoms with Gasteiger partial charge in [0.2, 0.25) is 15.9 Å². The number of primary amides is 1. The molecule has 2 N–H and O–H groups in total. The maximum atomic E-state index is 13.2. The third-order valence-corrected chi connectivity index (χ3v) is 7.49. The minimum atomic E-state index is -3.82. The van der Waals surface area contributed by atoms with Crippen molar-refractivity contribution in [2.24, 2.45) is 5.73 Å². The van der Waals surface area contributed by atoms with Crippen LogP contribution in [0.3, 0.4) is 0 Å². The number of hydrogen-bond acceptors (Lipinski definition) is 5. The highest BCUT2D eigenvalue weighted by Crippen LogP contribution is 2.38. The maximum Gasteiger partial charge on any atom is 0.245 e. The lowest BCUT2D eigenvalue weighted by atomic mass is 10.2. The molecule has 1 amide bonds. The van der Waals surface area contributed by atoms with Gasteiger partial charge in [0.1, 0.15) is 10.9 Å². The number of aryl methyl sites for hydroxylation is 2. The Hall–Kier alpha value is -1.48. The van der Waals surface area contributed by atoms with E-state index in [0.29, 0.717) is 10.3 Å². The molecule has 0 spiro atoms. The van der Waals surface area contributed by atoms with E-state index in [1.807, 2.05) is 19.1 Å². The van der Waals surface area contributed by atoms with Crippen molar-refractivity contribution < 1.29 is 17.9 Å². The van der Waals surface area contributed by atoms with E-state index >= 15 is 0 Å². The minimum absolute atomic E-state index is 0.00525. The monoisotopic (exact) mass is 354 g/mol. The SMILES string of the molecule is Cc1sc2c(C)cccc2c1S(=O)(=O)N1CCOC[C@H]1C(N)=O. The number of fused-ring (bicyclic) bond motifs is 1. The van der Waals surface area contributed by atoms with E-state index in [1.54, 1.807) is 13.0 Å². The van der Waals surface area contributed by atoms with Gasteiger partial charge in [0.25, 0.3) is 0 Å². The van der Waals surface area contributed by atoms with Crippen LogP contribution in [0.1, 0.15) is 10.4 Å². The van der Waals surface area contributed by atoms with Gasteiger partial charge in [0, 0.05) is 21.5 Å². The second-order valence-corrected chi connectivity index (χ2v) is 8.60. The van der Waals surface area contributed by atoms with E-state index in [1.165, 1.54) is 15.6 Å². The molecule has 23 heavy (non-hydrogen) atoms. The summed E-state index contributed by atoms with van der Waals surface area (Å²) < 4.78 is 33.7. The van der Waals surface area contributed by atoms with Crippen LogP contribution in [0.15, 0.2) is 23.1 Å². The Balaban J connectivity index is 2.18. The quantitative estimate of drug-likeness (QED) is 0.902. The molecule has 0 saturated carbocycles. The highest BCUT2D eigenvalue weighted by Gasteiger charge is 2.39. The van der Waals surface area contributed by atoms with E-state index in [-0.39, 0.29) is 24.7 Å². The number of carbonyl (C=O) groups is 1. The van der Waals surface area contributed by atoms with Gasteiger partial charge in [-0.15, -0.1) is 11.3 Å². The summed E-state index contributed by atoms with van der Waals surface area (Å²) >= 11 is 1.45. The van der Waals surface area contributed by atoms with Gasteiger partial charge in [-0.1, -0.05) is 18.2 Å². The largest absolute Gasteiger partial charge is 0.378 e. The van der Waals surface area contributed by atoms with Gasteiger partial charge < -0.3 is 10.5 Å². The third-order valence-electron chi connectivity index (χ3n) is 4.01. The van der Waals surface area contributed by atoms with Crippen molar-refractivity contribution in [2.75, 3.05) is 19.8 Å². The summed E-state index contributed by atoms with van der Waals surface area (Å²) in [5, 5.41) is 0.696. The number of sulfonamides is 1. The van der Waals surface area contributed by atoms with Crippen LogP contribution < -0.4 is 5.73 Å². The minimum Gasteiger partial charge on any atom is -0.378 e. The molecule has 2 heterocycles. The molecule has 0 radical (unpaired) electrons. The van der Waals surface area contributed by atoms with E-state index < -0.39 is 22.0 Å². The molecular weight excluding hydrogens is 336 g/mol. The first-order valence-corrected chi connectivity index (χ1v) is 9.47. The summed E-state index contributed by atoms with van der Waals surface area (Å²) in [6, 6.07) is 4.63. The Morgan fingerprint density at radius 3 is 2.83 bits per heavy atom. The van der Waals surface area contributed by atoms with Crippen LogP contribution in [0.5, 0.6) is 0 Å². The Labute approximate surface area is 138 Å². The van der Waals surface area contributed by atoms with E-state index in [2.05, 4.69) is 0 Å². The second-order valence-electron chi connectivity index (χ2n) is 5.55. The fourth-order valence-corrected chi connectivity index (χ4v) is 6.28. The molecule has 0 unspecified atom stereocenters. The van der Waals surface area contributed by atoms with Gasteiger partial charge in [-0.2, -0.15) is 4.31 Å². The fraction of sp³-hybridized carbons (Fsp3) is 0.400. The molecule has 1 aromatic carbocycles. The number of nitrogens with two attached hydrogens (primary N) is 1. The number of amides is 1. The summed E-state index contributed by atoms with van der Waals surface area (Å²) in [6.07, 6.45) is 0. The van der Waals surface area contributed by atoms with Gasteiger partial charge in [0.15, 0.2) is 0 Å². The van der Waals surface area contributed by atoms with Gasteiger partial charge in [-0.05, 0) is 19.4 Å². The molecule has 8 heteroatoms. The number of rotatable bonds is 3. The van der Waals surface area contributed by atoms with Crippen LogP contribution >= 0.6 is 11.3 Å². The Morgan fingerprint density at radius 1 is 1.39 bits per heavy atom. The average molecular weight is 354 g/mol. The first-order chi connectivity index (χ1) is 10.8. The Bertz CT molecular complexity index is 873. The normalized spacial score (nSPS) is 20.0. The van der Waals surface area contributed by atoms with Gasteiger partial charge in [-0.3, -0.25) is 4.79 Å². The van der Waals surface area contributed by atoms with Crippen molar-refractivity contribution in [3.63, 3.8) is 0 Å². The zero-order valence-electron chi connectivity index (χ0n) is 12.9. The van der Waals surface area contributed by atoms with Crippen LogP contribution in [0, 0.1) is 13.8 Å². The number of hydrogen-bond donors (Lipinski definition) is 1. The molecule has 1 aromatic heterocycles. The van der Waals surface area contributed by atoms with Crippen molar-refractivity contribution in [1.82, 2.24) is 4.31 Å². The van der Waals surface area contributed by atoms with Crippen LogP contribution in [-0.2, 0) is 19.6 Å². The van der Waals surface area contributed by atoms with Crippen molar-refractivity contribution >= 4 is 37.4 Å². The number of morpholine rings is 1. The van der Waals surface area contributed by atoms with E-state index in [9.17, 15) is 13.2 Å². The number of nitrogens with zero attached hydrogens (tertiary/aromatic N) is 1. The summed E-state index contributed by atoms with van der Waals surface area (Å²) in [4.78, 5) is 12.6. The number of thiophene rings is 1. The lowest BCUT2D eigenvalue weighted by molar-refractivity contribution is -0.125. The number of ether oxygens (including phenoxy) is 1. The van der Waals surface area contributed by atoms with Crippen LogP contribution in [-0.4, -0.2) is 44.4 Å². The molecule has 1 aliphatic heterocycles. The van der Waals surface area contributed by atoms with Gasteiger partial charge in [0.05, 0.1) is 13.2 Å². The molecule has 1 aliphatic rings. The van der Waals surface area contributed by atoms with Crippen molar-refractivity contribution in [3.05, 3.63) is 28.6 Å². The maximum absolute atomic E-state index is 13.2. The van der Waals surface area contributed by atoms with Crippen LogP contribution in [0.25, 0.3) is 10.1 Å². The number of carbonyl (C=O) groups excluding carboxylic acids is 1. The predicted molar refractivity (Wildman–Crippen MR) is 89.0 cm³/mol. The average Bonchev–Trinajstić information content (AvgIpc) is 2.85. The fourth-order valence-electron chi connectivity index (χ4n) is 2.89. The molecule has 0 bridgehead atoms. The van der Waals surface area contributed by atoms with Gasteiger partial charge in [-0.25, -0.2) is 8.42 Å². The number of benzene rings is 1. The van der Waals surface area contributed by atoms with Crippen LogP contribution in [0.4, 0.5) is 0 Å². The highest BCUT2D eigenvalue weighted by molar-refractivity contribution is 7.89. The Morgan fingerprint density at radius 2 is 2.13 bits per heavy atom. The van der Waals surface area contributed by atoms with Gasteiger partial charge >= 0.3 is 0 Å². The predicted octanol–water partition coefficient (Wildman–Crippen LogP) is 1.39. The molecule has 124 valence electrons. The zero-order chi connectivity index (χ0) is 16.8. The van der Waals surface area contributed by atoms with E-state index in [0.717, 1.165) is 10.3 Å². The molecule has 6 nitrogen and oxygen atoms in total. The molecule has 0 aliphatic carbocycles. The van der Waals surface area contributed by atoms with Crippen molar-refractivity contribution in [2.45, 2.75) is 24.8 Å².